The molecular formula is C41H30BrClFN3O7. The van der Waals surface area contributed by atoms with Crippen molar-refractivity contribution in [1.29, 1.82) is 0 Å². The van der Waals surface area contributed by atoms with Gasteiger partial charge < -0.3 is 14.3 Å². The average molecular weight is 811 g/mol. The number of nitrogens with zero attached hydrogens (tertiary/aromatic N) is 3. The van der Waals surface area contributed by atoms with Crippen molar-refractivity contribution < 1.29 is 37.8 Å². The molecule has 0 bridgehead atoms. The van der Waals surface area contributed by atoms with Crippen LogP contribution in [0, 0.1) is 34.9 Å². The van der Waals surface area contributed by atoms with Gasteiger partial charge in [-0.2, -0.15) is 0 Å². The molecule has 54 heavy (non-hydrogen) atoms. The van der Waals surface area contributed by atoms with Gasteiger partial charge in [0.15, 0.2) is 17.1 Å². The third-order valence-corrected chi connectivity index (χ3v) is 12.6. The van der Waals surface area contributed by atoms with Gasteiger partial charge in [0.1, 0.15) is 11.3 Å². The Morgan fingerprint density at radius 2 is 1.69 bits per heavy atom. The number of oxazole rings is 1. The van der Waals surface area contributed by atoms with Gasteiger partial charge in [-0.05, 0) is 114 Å². The standard InChI is InChI=1S/C41H30BrClFN3O7/c1-41-26(38(50)47(40(41)52)22-11-14-29(44)28(43)17-22)18-25-23(34(41)20-15-27(42)35(48)32(16-20)53-2)12-13-24-33(25)39(51)46(37(24)49)21-9-7-19(8-10-21)36-45-30-5-3-4-6-31(30)54-36/h3-12,14-17,24-26,33-34,48H,13,18H2,1-2H3. The number of halogens is 3. The molecule has 9 rings (SSSR count). The van der Waals surface area contributed by atoms with Crippen molar-refractivity contribution in [2.75, 3.05) is 16.9 Å². The molecule has 5 aromatic rings. The zero-order valence-electron chi connectivity index (χ0n) is 28.8. The van der Waals surface area contributed by atoms with Crippen LogP contribution in [0.25, 0.3) is 22.6 Å². The van der Waals surface area contributed by atoms with E-state index in [4.69, 9.17) is 20.8 Å². The lowest BCUT2D eigenvalue weighted by Crippen LogP contribution is -2.48. The molecule has 6 unspecified atom stereocenters. The summed E-state index contributed by atoms with van der Waals surface area (Å²) in [6.07, 6.45) is 2.30. The Labute approximate surface area is 321 Å². The summed E-state index contributed by atoms with van der Waals surface area (Å²) in [4.78, 5) is 64.7. The van der Waals surface area contributed by atoms with Crippen molar-refractivity contribution in [2.45, 2.75) is 25.7 Å². The minimum absolute atomic E-state index is 0.121. The van der Waals surface area contributed by atoms with Gasteiger partial charge in [-0.3, -0.25) is 24.1 Å². The Morgan fingerprint density at radius 1 is 0.944 bits per heavy atom. The van der Waals surface area contributed by atoms with E-state index < -0.39 is 52.6 Å². The van der Waals surface area contributed by atoms with E-state index >= 15 is 0 Å². The molecule has 4 aliphatic rings. The molecule has 2 aliphatic carbocycles. The van der Waals surface area contributed by atoms with Crippen LogP contribution in [0.1, 0.15) is 31.2 Å². The number of para-hydroxylation sites is 2. The largest absolute Gasteiger partial charge is 0.503 e. The SMILES string of the molecule is COc1cc(C2C3=CCC4C(=O)N(c5ccc(-c6nc7ccccc7o6)cc5)C(=O)C4C3CC3C(=O)N(c4ccc(F)c(Cl)c4)C(=O)C32C)cc(Br)c1O. The number of hydrogen-bond acceptors (Lipinski definition) is 8. The molecule has 13 heteroatoms. The van der Waals surface area contributed by atoms with Crippen molar-refractivity contribution in [2.24, 2.45) is 29.1 Å². The lowest BCUT2D eigenvalue weighted by molar-refractivity contribution is -0.131. The second kappa shape index (κ2) is 12.4. The zero-order chi connectivity index (χ0) is 37.8. The maximum Gasteiger partial charge on any atom is 0.241 e. The number of methoxy groups -OCH3 is 1. The Hall–Kier alpha value is -5.33. The number of rotatable bonds is 5. The summed E-state index contributed by atoms with van der Waals surface area (Å²) in [6.45, 7) is 1.73. The average Bonchev–Trinajstić information content (AvgIpc) is 3.77. The molecule has 1 aromatic heterocycles. The zero-order valence-corrected chi connectivity index (χ0v) is 31.1. The van der Waals surface area contributed by atoms with Gasteiger partial charge >= 0.3 is 0 Å². The number of imide groups is 2. The molecule has 2 aliphatic heterocycles. The molecule has 4 amide bonds. The number of phenols is 1. The Bertz CT molecular complexity index is 2470. The first-order valence-electron chi connectivity index (χ1n) is 17.4. The highest BCUT2D eigenvalue weighted by Crippen LogP contribution is 2.64. The predicted molar refractivity (Wildman–Crippen MR) is 200 cm³/mol. The molecule has 4 aromatic carbocycles. The Kier molecular flexibility index (Phi) is 7.88. The molecule has 3 fully saturated rings. The summed E-state index contributed by atoms with van der Waals surface area (Å²) in [6, 6.07) is 21.3. The first kappa shape index (κ1) is 34.4. The van der Waals surface area contributed by atoms with Crippen LogP contribution in [0.2, 0.25) is 5.02 Å². The van der Waals surface area contributed by atoms with Gasteiger partial charge in [0, 0.05) is 11.5 Å². The number of benzene rings is 4. The van der Waals surface area contributed by atoms with Crippen LogP contribution in [0.5, 0.6) is 11.5 Å². The maximum atomic E-state index is 14.7. The van der Waals surface area contributed by atoms with E-state index in [-0.39, 0.29) is 46.9 Å². The highest BCUT2D eigenvalue weighted by Gasteiger charge is 2.67. The molecule has 2 saturated heterocycles. The summed E-state index contributed by atoms with van der Waals surface area (Å²) >= 11 is 9.54. The number of aromatic hydroxyl groups is 1. The molecule has 0 spiro atoms. The summed E-state index contributed by atoms with van der Waals surface area (Å²) in [5.41, 5.74) is 2.51. The van der Waals surface area contributed by atoms with Crippen LogP contribution in [0.3, 0.4) is 0 Å². The second-order valence-corrected chi connectivity index (χ2v) is 15.6. The van der Waals surface area contributed by atoms with Crippen molar-refractivity contribution in [1.82, 2.24) is 4.98 Å². The van der Waals surface area contributed by atoms with E-state index in [1.54, 1.807) is 43.3 Å². The van der Waals surface area contributed by atoms with Crippen molar-refractivity contribution >= 4 is 73.6 Å². The van der Waals surface area contributed by atoms with Crippen LogP contribution < -0.4 is 14.5 Å². The van der Waals surface area contributed by atoms with E-state index in [2.05, 4.69) is 20.9 Å². The third-order valence-electron chi connectivity index (χ3n) is 11.7. The van der Waals surface area contributed by atoms with Crippen molar-refractivity contribution in [3.05, 3.63) is 111 Å². The minimum atomic E-state index is -1.37. The van der Waals surface area contributed by atoms with E-state index in [9.17, 15) is 28.7 Å². The topological polar surface area (TPSA) is 130 Å². The molecule has 1 saturated carbocycles. The number of allylic oxidation sites excluding steroid dienone is 2. The van der Waals surface area contributed by atoms with Gasteiger partial charge in [0.2, 0.25) is 29.5 Å². The lowest BCUT2D eigenvalue weighted by atomic mass is 9.51. The molecule has 272 valence electrons. The number of aromatic nitrogens is 1. The summed E-state index contributed by atoms with van der Waals surface area (Å²) < 4.78 is 25.9. The molecule has 6 atom stereocenters. The van der Waals surface area contributed by atoms with E-state index in [1.165, 1.54) is 24.1 Å². The molecule has 10 nitrogen and oxygen atoms in total. The number of fused-ring (bicyclic) bond motifs is 5. The first-order valence-corrected chi connectivity index (χ1v) is 18.5. The number of carbonyl (C=O) groups is 4. The van der Waals surface area contributed by atoms with E-state index in [0.29, 0.717) is 38.3 Å². The minimum Gasteiger partial charge on any atom is -0.503 e. The van der Waals surface area contributed by atoms with Crippen LogP contribution in [0.15, 0.2) is 99.4 Å². The number of amides is 4. The van der Waals surface area contributed by atoms with Crippen molar-refractivity contribution in [3.63, 3.8) is 0 Å². The molecular weight excluding hydrogens is 781 g/mol. The number of ether oxygens (including phenoxy) is 1. The van der Waals surface area contributed by atoms with Crippen LogP contribution in [-0.4, -0.2) is 40.8 Å². The summed E-state index contributed by atoms with van der Waals surface area (Å²) in [7, 11) is 1.41. The molecule has 3 heterocycles. The van der Waals surface area contributed by atoms with Crippen molar-refractivity contribution in [3.8, 4) is 23.0 Å². The monoisotopic (exact) mass is 809 g/mol. The third kappa shape index (κ3) is 4.85. The normalized spacial score (nSPS) is 26.2. The fourth-order valence-corrected chi connectivity index (χ4v) is 9.82. The molecule has 1 N–H and O–H groups in total. The second-order valence-electron chi connectivity index (χ2n) is 14.4. The molecule has 0 radical (unpaired) electrons. The lowest BCUT2D eigenvalue weighted by Gasteiger charge is -2.49. The van der Waals surface area contributed by atoms with E-state index in [1.807, 2.05) is 30.3 Å². The van der Waals surface area contributed by atoms with Gasteiger partial charge in [-0.15, -0.1) is 0 Å². The Morgan fingerprint density at radius 3 is 2.41 bits per heavy atom. The Balaban J connectivity index is 1.12. The van der Waals surface area contributed by atoms with Gasteiger partial charge in [0.25, 0.3) is 0 Å². The van der Waals surface area contributed by atoms with Gasteiger partial charge in [-0.1, -0.05) is 35.4 Å². The number of carbonyl (C=O) groups excluding carboxylic acids is 4. The van der Waals surface area contributed by atoms with Crippen LogP contribution in [0.4, 0.5) is 15.8 Å². The number of phenolic OH excluding ortho intramolecular Hbond substituents is 1. The smallest absolute Gasteiger partial charge is 0.241 e. The highest BCUT2D eigenvalue weighted by molar-refractivity contribution is 9.10. The van der Waals surface area contributed by atoms with Gasteiger partial charge in [0.05, 0.1) is 51.1 Å². The number of hydrogen-bond donors (Lipinski definition) is 1. The van der Waals surface area contributed by atoms with Crippen LogP contribution >= 0.6 is 27.5 Å². The summed E-state index contributed by atoms with van der Waals surface area (Å²) in [5, 5.41) is 10.5. The first-order chi connectivity index (χ1) is 25.9. The fraction of sp³-hybridized carbons (Fsp3) is 0.244. The van der Waals surface area contributed by atoms with Crippen LogP contribution in [-0.2, 0) is 19.2 Å². The summed E-state index contributed by atoms with van der Waals surface area (Å²) in [5.74, 6) is -5.80. The number of anilines is 2. The quantitative estimate of drug-likeness (QED) is 0.139. The highest BCUT2D eigenvalue weighted by atomic mass is 79.9. The predicted octanol–water partition coefficient (Wildman–Crippen LogP) is 8.20. The maximum absolute atomic E-state index is 14.7. The van der Waals surface area contributed by atoms with Gasteiger partial charge in [-0.25, -0.2) is 14.3 Å². The fourth-order valence-electron chi connectivity index (χ4n) is 9.18. The van der Waals surface area contributed by atoms with E-state index in [0.717, 1.165) is 16.5 Å².